The summed E-state index contributed by atoms with van der Waals surface area (Å²) in [4.78, 5) is 4.23. The number of rotatable bonds is 11. The Morgan fingerprint density at radius 2 is 2.22 bits per heavy atom. The van der Waals surface area contributed by atoms with Crippen LogP contribution in [0.1, 0.15) is 25.6 Å². The quantitative estimate of drug-likeness (QED) is 0.594. The minimum Gasteiger partial charge on any atom is -0.385 e. The monoisotopic (exact) mass is 256 g/mol. The van der Waals surface area contributed by atoms with E-state index in [1.807, 2.05) is 4.68 Å². The number of hydrogen-bond donors (Lipinski definition) is 1. The first-order valence-corrected chi connectivity index (χ1v) is 6.52. The van der Waals surface area contributed by atoms with Crippen LogP contribution in [0.15, 0.2) is 6.33 Å². The number of nitrogens with one attached hydrogen (secondary N) is 1. The zero-order valence-corrected chi connectivity index (χ0v) is 11.4. The van der Waals surface area contributed by atoms with Crippen molar-refractivity contribution in [3.8, 4) is 0 Å². The highest BCUT2D eigenvalue weighted by atomic mass is 16.5. The van der Waals surface area contributed by atoms with Crippen molar-refractivity contribution in [2.45, 2.75) is 32.9 Å². The lowest BCUT2D eigenvalue weighted by molar-refractivity contribution is 0.0955. The molecular weight excluding hydrogens is 232 g/mol. The number of aromatic nitrogens is 3. The van der Waals surface area contributed by atoms with Crippen LogP contribution in [-0.4, -0.2) is 48.2 Å². The summed E-state index contributed by atoms with van der Waals surface area (Å²) in [5.41, 5.74) is 0. The molecule has 1 rings (SSSR count). The van der Waals surface area contributed by atoms with Crippen molar-refractivity contribution in [1.29, 1.82) is 0 Å². The molecule has 6 nitrogen and oxygen atoms in total. The average molecular weight is 256 g/mol. The summed E-state index contributed by atoms with van der Waals surface area (Å²) < 4.78 is 12.3. The van der Waals surface area contributed by atoms with Crippen LogP contribution in [0.3, 0.4) is 0 Å². The second-order valence-electron chi connectivity index (χ2n) is 4.03. The van der Waals surface area contributed by atoms with E-state index in [0.29, 0.717) is 6.61 Å². The van der Waals surface area contributed by atoms with Gasteiger partial charge in [-0.15, -0.1) is 0 Å². The highest BCUT2D eigenvalue weighted by Gasteiger charge is 2.03. The number of hydrogen-bond acceptors (Lipinski definition) is 5. The molecule has 1 heterocycles. The first-order chi connectivity index (χ1) is 8.88. The Hall–Kier alpha value is -0.980. The Balaban J connectivity index is 2.15. The number of ether oxygens (including phenoxy) is 2. The molecule has 18 heavy (non-hydrogen) atoms. The summed E-state index contributed by atoms with van der Waals surface area (Å²) in [5.74, 6) is 0.962. The standard InChI is InChI=1S/C12H24N4O2/c1-3-5-13-10-12-14-11-15-16(12)6-9-18-8-4-7-17-2/h11,13H,3-10H2,1-2H3. The maximum atomic E-state index is 5.50. The lowest BCUT2D eigenvalue weighted by Crippen LogP contribution is -2.19. The molecule has 0 fully saturated rings. The van der Waals surface area contributed by atoms with E-state index in [2.05, 4.69) is 22.3 Å². The van der Waals surface area contributed by atoms with Crippen molar-refractivity contribution in [2.24, 2.45) is 0 Å². The summed E-state index contributed by atoms with van der Waals surface area (Å²) in [5, 5.41) is 7.51. The SMILES string of the molecule is CCCNCc1ncnn1CCOCCCOC. The summed E-state index contributed by atoms with van der Waals surface area (Å²) >= 11 is 0. The third-order valence-corrected chi connectivity index (χ3v) is 2.49. The molecule has 1 aromatic heterocycles. The topological polar surface area (TPSA) is 61.2 Å². The van der Waals surface area contributed by atoms with Crippen LogP contribution in [0.5, 0.6) is 0 Å². The second kappa shape index (κ2) is 9.99. The maximum absolute atomic E-state index is 5.50. The summed E-state index contributed by atoms with van der Waals surface area (Å²) in [6, 6.07) is 0. The summed E-state index contributed by atoms with van der Waals surface area (Å²) in [7, 11) is 1.70. The molecule has 1 N–H and O–H groups in total. The van der Waals surface area contributed by atoms with Crippen LogP contribution in [0.25, 0.3) is 0 Å². The van der Waals surface area contributed by atoms with Gasteiger partial charge in [-0.1, -0.05) is 6.92 Å². The number of nitrogens with zero attached hydrogens (tertiary/aromatic N) is 3. The molecule has 0 unspecified atom stereocenters. The van der Waals surface area contributed by atoms with Gasteiger partial charge in [0.05, 0.1) is 19.7 Å². The molecule has 1 aromatic rings. The van der Waals surface area contributed by atoms with Crippen LogP contribution < -0.4 is 5.32 Å². The first kappa shape index (κ1) is 15.1. The molecule has 0 atom stereocenters. The van der Waals surface area contributed by atoms with Crippen molar-refractivity contribution in [1.82, 2.24) is 20.1 Å². The van der Waals surface area contributed by atoms with E-state index < -0.39 is 0 Å². The Bertz CT molecular complexity index is 304. The predicted octanol–water partition coefficient (Wildman–Crippen LogP) is 0.831. The fourth-order valence-electron chi connectivity index (χ4n) is 1.55. The molecule has 0 aliphatic carbocycles. The average Bonchev–Trinajstić information content (AvgIpc) is 2.82. The number of methoxy groups -OCH3 is 1. The molecule has 104 valence electrons. The molecule has 0 spiro atoms. The Kier molecular flexibility index (Phi) is 8.37. The van der Waals surface area contributed by atoms with Crippen molar-refractivity contribution in [2.75, 3.05) is 33.5 Å². The molecule has 0 amide bonds. The van der Waals surface area contributed by atoms with Crippen LogP contribution in [0, 0.1) is 0 Å². The van der Waals surface area contributed by atoms with Gasteiger partial charge >= 0.3 is 0 Å². The molecule has 0 aromatic carbocycles. The molecule has 0 bridgehead atoms. The van der Waals surface area contributed by atoms with Gasteiger partial charge in [-0.05, 0) is 19.4 Å². The minimum atomic E-state index is 0.661. The molecule has 0 aliphatic heterocycles. The van der Waals surface area contributed by atoms with Crippen LogP contribution in [-0.2, 0) is 22.6 Å². The van der Waals surface area contributed by atoms with E-state index in [9.17, 15) is 0 Å². The van der Waals surface area contributed by atoms with Gasteiger partial charge in [0.15, 0.2) is 0 Å². The van der Waals surface area contributed by atoms with Gasteiger partial charge in [0.2, 0.25) is 0 Å². The molecule has 0 saturated heterocycles. The largest absolute Gasteiger partial charge is 0.385 e. The molecule has 0 saturated carbocycles. The van der Waals surface area contributed by atoms with Crippen molar-refractivity contribution >= 4 is 0 Å². The van der Waals surface area contributed by atoms with E-state index in [0.717, 1.165) is 51.5 Å². The molecule has 0 aliphatic rings. The normalized spacial score (nSPS) is 11.0. The highest BCUT2D eigenvalue weighted by Crippen LogP contribution is 1.94. The van der Waals surface area contributed by atoms with E-state index in [1.165, 1.54) is 0 Å². The van der Waals surface area contributed by atoms with Gasteiger partial charge in [-0.2, -0.15) is 5.10 Å². The van der Waals surface area contributed by atoms with E-state index in [1.54, 1.807) is 13.4 Å². The van der Waals surface area contributed by atoms with Gasteiger partial charge in [-0.3, -0.25) is 0 Å². The second-order valence-corrected chi connectivity index (χ2v) is 4.03. The minimum absolute atomic E-state index is 0.661. The van der Waals surface area contributed by atoms with E-state index >= 15 is 0 Å². The van der Waals surface area contributed by atoms with Crippen molar-refractivity contribution < 1.29 is 9.47 Å². The fourth-order valence-corrected chi connectivity index (χ4v) is 1.55. The van der Waals surface area contributed by atoms with E-state index in [4.69, 9.17) is 9.47 Å². The van der Waals surface area contributed by atoms with Gasteiger partial charge in [-0.25, -0.2) is 9.67 Å². The summed E-state index contributed by atoms with van der Waals surface area (Å²) in [6.45, 7) is 6.79. The van der Waals surface area contributed by atoms with Gasteiger partial charge in [0.25, 0.3) is 0 Å². The van der Waals surface area contributed by atoms with Crippen LogP contribution >= 0.6 is 0 Å². The smallest absolute Gasteiger partial charge is 0.140 e. The highest BCUT2D eigenvalue weighted by molar-refractivity contribution is 4.83. The van der Waals surface area contributed by atoms with Crippen LogP contribution in [0.2, 0.25) is 0 Å². The molecule has 6 heteroatoms. The third kappa shape index (κ3) is 6.09. The van der Waals surface area contributed by atoms with E-state index in [-0.39, 0.29) is 0 Å². The molecule has 0 radical (unpaired) electrons. The Morgan fingerprint density at radius 1 is 1.33 bits per heavy atom. The van der Waals surface area contributed by atoms with Gasteiger partial charge in [0, 0.05) is 20.3 Å². The lowest BCUT2D eigenvalue weighted by Gasteiger charge is -2.07. The first-order valence-electron chi connectivity index (χ1n) is 6.52. The Morgan fingerprint density at radius 3 is 3.00 bits per heavy atom. The molecular formula is C12H24N4O2. The Labute approximate surface area is 109 Å². The van der Waals surface area contributed by atoms with Crippen molar-refractivity contribution in [3.05, 3.63) is 12.2 Å². The third-order valence-electron chi connectivity index (χ3n) is 2.49. The lowest BCUT2D eigenvalue weighted by atomic mass is 10.4. The zero-order valence-electron chi connectivity index (χ0n) is 11.4. The summed E-state index contributed by atoms with van der Waals surface area (Å²) in [6.07, 6.45) is 3.64. The fraction of sp³-hybridized carbons (Fsp3) is 0.833. The van der Waals surface area contributed by atoms with Crippen molar-refractivity contribution in [3.63, 3.8) is 0 Å². The van der Waals surface area contributed by atoms with Crippen LogP contribution in [0.4, 0.5) is 0 Å². The zero-order chi connectivity index (χ0) is 13.1. The predicted molar refractivity (Wildman–Crippen MR) is 69.3 cm³/mol. The maximum Gasteiger partial charge on any atom is 0.140 e. The van der Waals surface area contributed by atoms with Gasteiger partial charge < -0.3 is 14.8 Å². The van der Waals surface area contributed by atoms with Gasteiger partial charge in [0.1, 0.15) is 12.2 Å².